The van der Waals surface area contributed by atoms with Crippen molar-refractivity contribution >= 4 is 154 Å². The van der Waals surface area contributed by atoms with Crippen LogP contribution in [0.4, 0.5) is 0 Å². The highest BCUT2D eigenvalue weighted by Gasteiger charge is 2.45. The fourth-order valence-corrected chi connectivity index (χ4v) is 14.5. The third-order valence-electron chi connectivity index (χ3n) is 22.1. The van der Waals surface area contributed by atoms with Crippen LogP contribution in [0, 0.1) is 29.6 Å². The second-order valence-corrected chi connectivity index (χ2v) is 36.4. The summed E-state index contributed by atoms with van der Waals surface area (Å²) in [5.41, 5.74) is 27.7. The highest BCUT2D eigenvalue weighted by atomic mass is 16.4. The average Bonchev–Trinajstić information content (AvgIpc) is 1.69. The van der Waals surface area contributed by atoms with E-state index in [1.807, 2.05) is 21.3 Å². The van der Waals surface area contributed by atoms with Gasteiger partial charge in [0.15, 0.2) is 0 Å². The van der Waals surface area contributed by atoms with Crippen molar-refractivity contribution < 1.29 is 155 Å². The first-order valence-electron chi connectivity index (χ1n) is 46.3. The molecule has 1 aliphatic heterocycles. The average molecular weight is 2050 g/mol. The van der Waals surface area contributed by atoms with Crippen LogP contribution in [-0.2, 0) is 137 Å². The Morgan fingerprint density at radius 3 is 1.14 bits per heavy atom. The Labute approximate surface area is 832 Å². The van der Waals surface area contributed by atoms with E-state index in [0.717, 1.165) is 11.8 Å². The van der Waals surface area contributed by atoms with Gasteiger partial charge >= 0.3 is 23.9 Å². The summed E-state index contributed by atoms with van der Waals surface area (Å²) >= 11 is 0. The lowest BCUT2D eigenvalue weighted by atomic mass is 9.98. The lowest BCUT2D eigenvalue weighted by molar-refractivity contribution is -0.144. The van der Waals surface area contributed by atoms with Crippen molar-refractivity contribution in [3.63, 3.8) is 0 Å². The summed E-state index contributed by atoms with van der Waals surface area (Å²) in [6, 6.07) is -17.1. The van der Waals surface area contributed by atoms with Gasteiger partial charge in [-0.3, -0.25) is 120 Å². The van der Waals surface area contributed by atoms with E-state index in [0.29, 0.717) is 11.1 Å². The van der Waals surface area contributed by atoms with Crippen LogP contribution in [-0.4, -0.2) is 318 Å². The smallest absolute Gasteiger partial charge is 0.326 e. The summed E-state index contributed by atoms with van der Waals surface area (Å²) in [7, 11) is 0. The number of rotatable bonds is 64. The second kappa shape index (κ2) is 60.6. The summed E-state index contributed by atoms with van der Waals surface area (Å²) in [5.74, 6) is -36.0. The maximum absolute atomic E-state index is 14.7. The van der Waals surface area contributed by atoms with Gasteiger partial charge in [-0.15, -0.1) is 0 Å². The molecular formula is C90H135N23O32. The first-order chi connectivity index (χ1) is 67.8. The van der Waals surface area contributed by atoms with Crippen molar-refractivity contribution in [1.82, 2.24) is 95.3 Å². The van der Waals surface area contributed by atoms with Gasteiger partial charge in [0.25, 0.3) is 0 Å². The van der Waals surface area contributed by atoms with Gasteiger partial charge in [0.2, 0.25) is 130 Å². The van der Waals surface area contributed by atoms with Gasteiger partial charge in [0, 0.05) is 32.2 Å². The number of primary amides is 4. The monoisotopic (exact) mass is 2050 g/mol. The molecule has 1 saturated heterocycles. The summed E-state index contributed by atoms with van der Waals surface area (Å²) in [4.78, 5) is 351. The van der Waals surface area contributed by atoms with Crippen LogP contribution in [0.3, 0.4) is 0 Å². The number of hydrogen-bond donors (Lipinski definition) is 28. The number of carboxylic acids is 4. The molecule has 1 aliphatic rings. The van der Waals surface area contributed by atoms with E-state index in [1.54, 1.807) is 58.0 Å². The molecule has 0 spiro atoms. The van der Waals surface area contributed by atoms with E-state index in [2.05, 4.69) is 69.1 Å². The lowest BCUT2D eigenvalue weighted by Crippen LogP contribution is -2.62. The number of aromatic hydroxyl groups is 1. The molecule has 1 fully saturated rings. The molecule has 1 heterocycles. The predicted molar refractivity (Wildman–Crippen MR) is 505 cm³/mol. The first-order valence-corrected chi connectivity index (χ1v) is 46.3. The minimum Gasteiger partial charge on any atom is -0.508 e. The number of aliphatic hydroxyl groups is 1. The third-order valence-corrected chi connectivity index (χ3v) is 22.1. The Morgan fingerprint density at radius 2 is 0.703 bits per heavy atom. The van der Waals surface area contributed by atoms with Crippen LogP contribution < -0.4 is 119 Å². The number of benzene rings is 2. The molecule has 2 aromatic carbocycles. The van der Waals surface area contributed by atoms with Crippen LogP contribution in [0.5, 0.6) is 5.75 Å². The molecule has 22 amide bonds. The van der Waals surface area contributed by atoms with Gasteiger partial charge in [0.05, 0.1) is 51.8 Å². The van der Waals surface area contributed by atoms with E-state index in [4.69, 9.17) is 28.7 Å². The van der Waals surface area contributed by atoms with Gasteiger partial charge in [-0.1, -0.05) is 112 Å². The molecule has 0 radical (unpaired) electrons. The fraction of sp³-hybridized carbons (Fsp3) is 0.578. The Bertz CT molecular complexity index is 4980. The first kappa shape index (κ1) is 124. The minimum atomic E-state index is -2.31. The van der Waals surface area contributed by atoms with Gasteiger partial charge in [-0.25, -0.2) is 4.79 Å². The largest absolute Gasteiger partial charge is 0.508 e. The van der Waals surface area contributed by atoms with Crippen molar-refractivity contribution in [2.45, 2.75) is 275 Å². The number of nitrogens with zero attached hydrogens (tertiary/aromatic N) is 1. The number of hydrogen-bond acceptors (Lipinski definition) is 29. The Morgan fingerprint density at radius 1 is 0.352 bits per heavy atom. The number of nitrogens with one attached hydrogen (secondary N) is 17. The van der Waals surface area contributed by atoms with Crippen LogP contribution in [0.2, 0.25) is 0 Å². The number of phenolic OH excluding ortho intramolecular Hbond substituents is 1. The minimum absolute atomic E-state index is 0.0803. The standard InChI is InChI=1S/C90H135N23O32/c1-40(2)28-51(102-77(131)52(29-41(3)4)103-79(133)54(30-46-16-13-12-14-17-46)104-75(129)49(24-26-68(122)123)99-78(132)53(31-47-19-21-48(115)22-20-47)98-67(121)38-96-66(120)37-91)76(130)97-45(11)74(128)101-55(32-63(93)117)80(134)106-58(36-70(126)127)83(137)110-71(42(5)6)87(141)107-57(35-69(124)125)82(136)105-56(33-64(94)118)81(135)109-60(39-114)84(138)108-59(34-65(95)119)89(143)113-27-15-18-61(113)85(139)111-73(44(9)10)88(142)112-72(43(7)8)86(140)100-50(90(144)145)23-25-62(92)116/h12-14,16-17,19-22,40-45,49-61,71-73,114-115H,15,18,23-39,91H2,1-11H3,(H2,92,116)(H2,93,117)(H2,94,118)(H2,95,119)(H,96,120)(H,97,130)(H,98,121)(H,99,132)(H,100,140)(H,101,128)(H,102,131)(H,103,133)(H,104,129)(H,105,136)(H,106,134)(H,107,141)(H,108,138)(H,109,135)(H,110,137)(H,111,139)(H,112,142)(H,122,123)(H,124,125)(H,126,127)(H,144,145)/t45-,49-,50-,51-,52-,53-,54-,55-,56-,57-,58-,59-,60-,61-,71-,72-,73-/m0/s1. The highest BCUT2D eigenvalue weighted by molar-refractivity contribution is 6.04. The van der Waals surface area contributed by atoms with Crippen molar-refractivity contribution in [3.05, 3.63) is 65.7 Å². The van der Waals surface area contributed by atoms with Gasteiger partial charge < -0.3 is 155 Å². The molecule has 17 atom stereocenters. The molecule has 33 N–H and O–H groups in total. The number of nitrogens with two attached hydrogens (primary N) is 5. The number of likely N-dealkylation sites (tertiary alicyclic amines) is 1. The number of carbonyl (C=O) groups is 26. The number of phenols is 1. The Balaban J connectivity index is 1.87. The number of amides is 22. The molecular weight excluding hydrogens is 1920 g/mol. The number of carbonyl (C=O) groups excluding carboxylic acids is 22. The predicted octanol–water partition coefficient (Wildman–Crippen LogP) is -10.1. The molecule has 802 valence electrons. The number of carboxylic acid groups (broad SMARTS) is 4. The summed E-state index contributed by atoms with van der Waals surface area (Å²) in [6.45, 7) is 13.6. The second-order valence-electron chi connectivity index (χ2n) is 36.4. The molecule has 55 heteroatoms. The topological polar surface area (TPSA) is 903 Å². The van der Waals surface area contributed by atoms with E-state index in [-0.39, 0.29) is 57.2 Å². The maximum Gasteiger partial charge on any atom is 0.326 e. The molecule has 0 saturated carbocycles. The third kappa shape index (κ3) is 44.2. The van der Waals surface area contributed by atoms with Crippen molar-refractivity contribution in [1.29, 1.82) is 0 Å². The van der Waals surface area contributed by atoms with Crippen LogP contribution in [0.15, 0.2) is 54.6 Å². The van der Waals surface area contributed by atoms with Crippen LogP contribution >= 0.6 is 0 Å². The summed E-state index contributed by atoms with van der Waals surface area (Å²) in [5, 5.41) is 98.9. The molecule has 3 rings (SSSR count). The van der Waals surface area contributed by atoms with E-state index in [1.165, 1.54) is 65.8 Å². The Kier molecular flexibility index (Phi) is 51.6. The van der Waals surface area contributed by atoms with Crippen molar-refractivity contribution in [3.8, 4) is 5.75 Å². The van der Waals surface area contributed by atoms with Crippen LogP contribution in [0.25, 0.3) is 0 Å². The Hall–Kier alpha value is -15.6. The molecule has 0 aromatic heterocycles. The zero-order valence-electron chi connectivity index (χ0n) is 82.0. The lowest BCUT2D eigenvalue weighted by Gasteiger charge is -2.31. The maximum atomic E-state index is 14.7. The van der Waals surface area contributed by atoms with Gasteiger partial charge in [-0.05, 0) is 98.3 Å². The summed E-state index contributed by atoms with van der Waals surface area (Å²) < 4.78 is 0. The molecule has 55 nitrogen and oxygen atoms in total. The quantitative estimate of drug-likeness (QED) is 0.0292. The van der Waals surface area contributed by atoms with Gasteiger partial charge in [0.1, 0.15) is 108 Å². The number of aliphatic hydroxyl groups excluding tert-OH is 1. The fourth-order valence-electron chi connectivity index (χ4n) is 14.5. The number of aliphatic carboxylic acids is 4. The zero-order chi connectivity index (χ0) is 110. The molecule has 0 unspecified atom stereocenters. The van der Waals surface area contributed by atoms with Crippen molar-refractivity contribution in [2.75, 3.05) is 26.2 Å². The SMILES string of the molecule is CC(C)C[C@H](NC(=O)[C@H](CC(C)C)NC(=O)[C@H](Cc1ccccc1)NC(=O)[C@H](CCC(=O)O)NC(=O)[C@H](Cc1ccc(O)cc1)NC(=O)CNC(=O)CN)C(=O)N[C@@H](C)C(=O)N[C@@H](CC(N)=O)C(=O)N[C@@H](CC(=O)O)C(=O)N[C@H](C(=O)N[C@@H](CC(=O)O)C(=O)N[C@@H](CC(N)=O)C(=O)N[C@@H](CO)C(=O)N[C@@H](CC(N)=O)C(=O)N1CCC[C@H]1C(=O)N[C@H](C(=O)N[C@H](C(=O)N[C@@H](CCC(N)=O)C(=O)O)C(C)C)C(C)C)C(C)C. The van der Waals surface area contributed by atoms with E-state index >= 15 is 0 Å². The zero-order valence-corrected chi connectivity index (χ0v) is 82.0. The molecule has 0 bridgehead atoms. The highest BCUT2D eigenvalue weighted by Crippen LogP contribution is 2.23. The van der Waals surface area contributed by atoms with E-state index in [9.17, 15) is 155 Å². The molecule has 145 heavy (non-hydrogen) atoms. The van der Waals surface area contributed by atoms with Crippen molar-refractivity contribution in [2.24, 2.45) is 58.3 Å². The van der Waals surface area contributed by atoms with E-state index < -0.39 is 357 Å². The molecule has 0 aliphatic carbocycles. The van der Waals surface area contributed by atoms with Crippen LogP contribution in [0.1, 0.15) is 171 Å². The molecule has 2 aromatic rings. The van der Waals surface area contributed by atoms with Gasteiger partial charge in [-0.2, -0.15) is 0 Å². The summed E-state index contributed by atoms with van der Waals surface area (Å²) in [6.07, 6.45) is -8.96. The normalized spacial score (nSPS) is 15.5.